The van der Waals surface area contributed by atoms with E-state index in [0.29, 0.717) is 0 Å². The van der Waals surface area contributed by atoms with Crippen LogP contribution in [-0.2, 0) is 10.0 Å². The van der Waals surface area contributed by atoms with Gasteiger partial charge in [0.05, 0.1) is 0 Å². The molecule has 0 saturated heterocycles. The molecule has 0 saturated carbocycles. The molecule has 3 N–H and O–H groups in total. The Balaban J connectivity index is 2.55. The Morgan fingerprint density at radius 1 is 1.33 bits per heavy atom. The van der Waals surface area contributed by atoms with Gasteiger partial charge in [0.15, 0.2) is 10.0 Å². The zero-order chi connectivity index (χ0) is 13.3. The van der Waals surface area contributed by atoms with Crippen LogP contribution in [0.4, 0.5) is 5.13 Å². The van der Waals surface area contributed by atoms with Crippen LogP contribution in [0.15, 0.2) is 26.1 Å². The molecular formula is C8H8N4O4S2. The van der Waals surface area contributed by atoms with Crippen molar-refractivity contribution in [1.29, 1.82) is 0 Å². The fourth-order valence-corrected chi connectivity index (χ4v) is 3.38. The molecule has 0 aliphatic carbocycles. The molecule has 0 fully saturated rings. The topological polar surface area (TPSA) is 125 Å². The minimum Gasteiger partial charge on any atom is -0.310 e. The molecule has 0 aliphatic heterocycles. The number of nitrogens with one attached hydrogen (secondary N) is 3. The molecule has 10 heteroatoms. The lowest BCUT2D eigenvalue weighted by Gasteiger charge is -2.06. The zero-order valence-electron chi connectivity index (χ0n) is 9.05. The molecule has 2 heterocycles. The Labute approximate surface area is 105 Å². The van der Waals surface area contributed by atoms with Gasteiger partial charge in [-0.1, -0.05) is 0 Å². The van der Waals surface area contributed by atoms with E-state index in [2.05, 4.69) is 14.7 Å². The Morgan fingerprint density at radius 3 is 2.61 bits per heavy atom. The summed E-state index contributed by atoms with van der Waals surface area (Å²) < 4.78 is 26.1. The minimum absolute atomic E-state index is 0.0344. The van der Waals surface area contributed by atoms with Gasteiger partial charge in [-0.25, -0.2) is 18.2 Å². The van der Waals surface area contributed by atoms with Crippen molar-refractivity contribution in [3.8, 4) is 0 Å². The van der Waals surface area contributed by atoms with Crippen LogP contribution >= 0.6 is 11.3 Å². The SMILES string of the molecule is Cc1[nH]c(=O)[nH]c(=O)c1S(=O)(=O)Nc1nccs1. The second-order valence-corrected chi connectivity index (χ2v) is 5.82. The molecule has 0 aromatic carbocycles. The highest BCUT2D eigenvalue weighted by atomic mass is 32.2. The summed E-state index contributed by atoms with van der Waals surface area (Å²) in [6.07, 6.45) is 1.42. The molecule has 0 atom stereocenters. The number of anilines is 1. The van der Waals surface area contributed by atoms with Gasteiger partial charge in [-0.05, 0) is 6.92 Å². The summed E-state index contributed by atoms with van der Waals surface area (Å²) in [5.74, 6) is 0. The van der Waals surface area contributed by atoms with Crippen LogP contribution in [0.3, 0.4) is 0 Å². The van der Waals surface area contributed by atoms with Crippen molar-refractivity contribution >= 4 is 26.5 Å². The number of hydrogen-bond acceptors (Lipinski definition) is 6. The van der Waals surface area contributed by atoms with E-state index in [9.17, 15) is 18.0 Å². The van der Waals surface area contributed by atoms with Gasteiger partial charge in [0, 0.05) is 17.3 Å². The number of thiazole rings is 1. The third kappa shape index (κ3) is 2.33. The van der Waals surface area contributed by atoms with E-state index < -0.39 is 26.2 Å². The van der Waals surface area contributed by atoms with Crippen LogP contribution < -0.4 is 16.0 Å². The van der Waals surface area contributed by atoms with Crippen molar-refractivity contribution in [1.82, 2.24) is 15.0 Å². The molecule has 0 radical (unpaired) electrons. The van der Waals surface area contributed by atoms with Gasteiger partial charge >= 0.3 is 5.69 Å². The first kappa shape index (κ1) is 12.5. The highest BCUT2D eigenvalue weighted by molar-refractivity contribution is 7.93. The minimum atomic E-state index is -4.08. The number of aromatic amines is 2. The molecule has 2 aromatic rings. The van der Waals surface area contributed by atoms with Crippen LogP contribution in [-0.4, -0.2) is 23.4 Å². The maximum atomic E-state index is 12.0. The summed E-state index contributed by atoms with van der Waals surface area (Å²) in [5.41, 5.74) is -1.76. The summed E-state index contributed by atoms with van der Waals surface area (Å²) >= 11 is 1.07. The van der Waals surface area contributed by atoms with Crippen molar-refractivity contribution in [2.24, 2.45) is 0 Å². The van der Waals surface area contributed by atoms with E-state index in [1.54, 1.807) is 5.38 Å². The van der Waals surface area contributed by atoms with Crippen LogP contribution in [0, 0.1) is 6.92 Å². The van der Waals surface area contributed by atoms with Gasteiger partial charge < -0.3 is 4.98 Å². The second kappa shape index (κ2) is 4.38. The van der Waals surface area contributed by atoms with Gasteiger partial charge in [0.2, 0.25) is 0 Å². The molecule has 2 aromatic heterocycles. The van der Waals surface area contributed by atoms with E-state index >= 15 is 0 Å². The van der Waals surface area contributed by atoms with E-state index in [0.717, 1.165) is 11.3 Å². The van der Waals surface area contributed by atoms with Gasteiger partial charge in [0.25, 0.3) is 15.6 Å². The van der Waals surface area contributed by atoms with Crippen LogP contribution in [0.5, 0.6) is 0 Å². The van der Waals surface area contributed by atoms with Crippen LogP contribution in [0.2, 0.25) is 0 Å². The van der Waals surface area contributed by atoms with Crippen molar-refractivity contribution in [3.63, 3.8) is 0 Å². The second-order valence-electron chi connectivity index (χ2n) is 3.31. The van der Waals surface area contributed by atoms with E-state index in [-0.39, 0.29) is 10.8 Å². The first-order valence-corrected chi connectivity index (χ1v) is 7.02. The van der Waals surface area contributed by atoms with E-state index in [1.165, 1.54) is 13.1 Å². The smallest absolute Gasteiger partial charge is 0.310 e. The van der Waals surface area contributed by atoms with Crippen molar-refractivity contribution in [2.75, 3.05) is 4.72 Å². The third-order valence-electron chi connectivity index (χ3n) is 2.00. The highest BCUT2D eigenvalue weighted by Gasteiger charge is 2.23. The number of aromatic nitrogens is 3. The molecule has 96 valence electrons. The number of H-pyrrole nitrogens is 2. The Hall–Kier alpha value is -1.94. The summed E-state index contributed by atoms with van der Waals surface area (Å²) in [7, 11) is -4.08. The van der Waals surface area contributed by atoms with Gasteiger partial charge in [0.1, 0.15) is 0 Å². The van der Waals surface area contributed by atoms with Gasteiger partial charge in [-0.3, -0.25) is 14.5 Å². The Bertz CT molecular complexity index is 772. The van der Waals surface area contributed by atoms with Crippen molar-refractivity contribution in [2.45, 2.75) is 11.8 Å². The predicted octanol–water partition coefficient (Wildman–Crippen LogP) is -0.371. The molecular weight excluding hydrogens is 280 g/mol. The summed E-state index contributed by atoms with van der Waals surface area (Å²) in [6, 6.07) is 0. The van der Waals surface area contributed by atoms with Crippen LogP contribution in [0.1, 0.15) is 5.69 Å². The molecule has 0 aliphatic rings. The zero-order valence-corrected chi connectivity index (χ0v) is 10.7. The number of nitrogens with zero attached hydrogens (tertiary/aromatic N) is 1. The fourth-order valence-electron chi connectivity index (χ4n) is 1.35. The van der Waals surface area contributed by atoms with E-state index in [4.69, 9.17) is 0 Å². The largest absolute Gasteiger partial charge is 0.325 e. The number of aryl methyl sites for hydroxylation is 1. The average Bonchev–Trinajstić information content (AvgIpc) is 2.66. The number of sulfonamides is 1. The standard InChI is InChI=1S/C8H8N4O4S2/c1-4-5(6(13)11-7(14)10-4)18(15,16)12-8-9-2-3-17-8/h2-3H,1H3,(H,9,12)(H2,10,11,13,14). The Kier molecular flexibility index (Phi) is 3.05. The summed E-state index contributed by atoms with van der Waals surface area (Å²) in [6.45, 7) is 1.33. The van der Waals surface area contributed by atoms with Gasteiger partial charge in [-0.2, -0.15) is 0 Å². The van der Waals surface area contributed by atoms with Gasteiger partial charge in [-0.15, -0.1) is 11.3 Å². The molecule has 8 nitrogen and oxygen atoms in total. The lowest BCUT2D eigenvalue weighted by Crippen LogP contribution is -2.31. The lowest BCUT2D eigenvalue weighted by atomic mass is 10.4. The lowest BCUT2D eigenvalue weighted by molar-refractivity contribution is 0.598. The Morgan fingerprint density at radius 2 is 2.06 bits per heavy atom. The maximum absolute atomic E-state index is 12.0. The molecule has 0 spiro atoms. The van der Waals surface area contributed by atoms with Crippen LogP contribution in [0.25, 0.3) is 0 Å². The monoisotopic (exact) mass is 288 g/mol. The number of rotatable bonds is 3. The maximum Gasteiger partial charge on any atom is 0.325 e. The molecule has 2 rings (SSSR count). The average molecular weight is 288 g/mol. The van der Waals surface area contributed by atoms with Crippen molar-refractivity contribution < 1.29 is 8.42 Å². The van der Waals surface area contributed by atoms with Crippen molar-refractivity contribution in [3.05, 3.63) is 38.1 Å². The normalized spacial score (nSPS) is 11.4. The molecule has 0 unspecified atom stereocenters. The third-order valence-corrected chi connectivity index (χ3v) is 4.31. The molecule has 0 amide bonds. The molecule has 0 bridgehead atoms. The van der Waals surface area contributed by atoms with E-state index in [1.807, 2.05) is 4.98 Å². The number of hydrogen-bond donors (Lipinski definition) is 3. The molecule has 18 heavy (non-hydrogen) atoms. The fraction of sp³-hybridized carbons (Fsp3) is 0.125. The first-order valence-electron chi connectivity index (χ1n) is 4.65. The summed E-state index contributed by atoms with van der Waals surface area (Å²) in [5, 5.41) is 1.72. The predicted molar refractivity (Wildman–Crippen MR) is 65.3 cm³/mol. The highest BCUT2D eigenvalue weighted by Crippen LogP contribution is 2.16. The quantitative estimate of drug-likeness (QED) is 0.710. The summed E-state index contributed by atoms with van der Waals surface area (Å²) in [4.78, 5) is 29.8. The first-order chi connectivity index (χ1) is 8.40.